The number of rotatable bonds is 8. The number of benzene rings is 3. The van der Waals surface area contributed by atoms with Gasteiger partial charge in [0.15, 0.2) is 5.78 Å². The van der Waals surface area contributed by atoms with Crippen LogP contribution in [0.1, 0.15) is 92.9 Å². The maximum absolute atomic E-state index is 13.2. The van der Waals surface area contributed by atoms with Gasteiger partial charge in [0.05, 0.1) is 14.2 Å². The summed E-state index contributed by atoms with van der Waals surface area (Å²) in [4.78, 5) is 13.2. The van der Waals surface area contributed by atoms with E-state index in [9.17, 15) is 4.79 Å². The fourth-order valence-electron chi connectivity index (χ4n) is 4.40. The van der Waals surface area contributed by atoms with E-state index < -0.39 is 0 Å². The van der Waals surface area contributed by atoms with Crippen LogP contribution in [0.2, 0.25) is 0 Å². The average molecular weight is 473 g/mol. The van der Waals surface area contributed by atoms with Gasteiger partial charge in [-0.3, -0.25) is 4.79 Å². The molecule has 0 saturated heterocycles. The standard InChI is InChI=1S/C32H40O3/c1-31(2,3)24-13-9-22(10-14-24)27(28-18-17-26(34-7)21-30(28)35-8)19-20-29(33)23-11-15-25(16-12-23)32(4,5)6/h9-18,21,27H,19-20H2,1-8H3. The lowest BCUT2D eigenvalue weighted by Crippen LogP contribution is -2.12. The lowest BCUT2D eigenvalue weighted by molar-refractivity contribution is 0.0978. The van der Waals surface area contributed by atoms with Crippen LogP contribution < -0.4 is 9.47 Å². The third kappa shape index (κ3) is 6.54. The Balaban J connectivity index is 1.91. The summed E-state index contributed by atoms with van der Waals surface area (Å²) in [5.41, 5.74) is 5.68. The van der Waals surface area contributed by atoms with E-state index >= 15 is 0 Å². The van der Waals surface area contributed by atoms with Crippen molar-refractivity contribution < 1.29 is 14.3 Å². The number of hydrogen-bond donors (Lipinski definition) is 0. The fraction of sp³-hybridized carbons (Fsp3) is 0.406. The zero-order chi connectivity index (χ0) is 25.8. The molecule has 3 aromatic carbocycles. The van der Waals surface area contributed by atoms with Crippen LogP contribution in [0.5, 0.6) is 11.5 Å². The van der Waals surface area contributed by atoms with Gasteiger partial charge in [0, 0.05) is 29.5 Å². The Morgan fingerprint density at radius 3 is 1.77 bits per heavy atom. The molecule has 3 nitrogen and oxygen atoms in total. The summed E-state index contributed by atoms with van der Waals surface area (Å²) in [6.07, 6.45) is 1.15. The van der Waals surface area contributed by atoms with Gasteiger partial charge in [-0.05, 0) is 40.0 Å². The first-order chi connectivity index (χ1) is 16.4. The van der Waals surface area contributed by atoms with Crippen molar-refractivity contribution in [3.8, 4) is 11.5 Å². The van der Waals surface area contributed by atoms with Crippen LogP contribution in [0, 0.1) is 0 Å². The molecule has 0 heterocycles. The molecule has 0 aliphatic carbocycles. The van der Waals surface area contributed by atoms with E-state index in [1.165, 1.54) is 16.7 Å². The minimum Gasteiger partial charge on any atom is -0.497 e. The number of hydrogen-bond acceptors (Lipinski definition) is 3. The Labute approximate surface area is 211 Å². The molecule has 0 aromatic heterocycles. The number of carbonyl (C=O) groups excluding carboxylic acids is 1. The van der Waals surface area contributed by atoms with Gasteiger partial charge in [0.2, 0.25) is 0 Å². The van der Waals surface area contributed by atoms with E-state index in [1.807, 2.05) is 24.3 Å². The van der Waals surface area contributed by atoms with Crippen molar-refractivity contribution in [2.24, 2.45) is 0 Å². The van der Waals surface area contributed by atoms with Crippen LogP contribution in [0.4, 0.5) is 0 Å². The first-order valence-corrected chi connectivity index (χ1v) is 12.4. The van der Waals surface area contributed by atoms with Crippen LogP contribution in [0.15, 0.2) is 66.7 Å². The molecule has 0 fully saturated rings. The lowest BCUT2D eigenvalue weighted by Gasteiger charge is -2.23. The van der Waals surface area contributed by atoms with E-state index in [0.717, 1.165) is 22.6 Å². The van der Waals surface area contributed by atoms with E-state index in [4.69, 9.17) is 9.47 Å². The Morgan fingerprint density at radius 1 is 0.743 bits per heavy atom. The van der Waals surface area contributed by atoms with Gasteiger partial charge >= 0.3 is 0 Å². The summed E-state index contributed by atoms with van der Waals surface area (Å²) in [7, 11) is 3.33. The largest absolute Gasteiger partial charge is 0.497 e. The molecule has 1 atom stereocenters. The van der Waals surface area contributed by atoms with Crippen molar-refractivity contribution in [1.29, 1.82) is 0 Å². The summed E-state index contributed by atoms with van der Waals surface area (Å²) < 4.78 is 11.1. The first kappa shape index (κ1) is 26.5. The van der Waals surface area contributed by atoms with Gasteiger partial charge in [-0.1, -0.05) is 96.1 Å². The van der Waals surface area contributed by atoms with E-state index in [1.54, 1.807) is 14.2 Å². The molecule has 0 amide bonds. The summed E-state index contributed by atoms with van der Waals surface area (Å²) in [6, 6.07) is 22.8. The maximum Gasteiger partial charge on any atom is 0.162 e. The molecule has 0 bridgehead atoms. The van der Waals surface area contributed by atoms with Crippen LogP contribution in [-0.4, -0.2) is 20.0 Å². The number of ether oxygens (including phenoxy) is 2. The Kier molecular flexibility index (Phi) is 8.10. The highest BCUT2D eigenvalue weighted by molar-refractivity contribution is 5.96. The van der Waals surface area contributed by atoms with E-state index in [0.29, 0.717) is 12.8 Å². The van der Waals surface area contributed by atoms with Crippen LogP contribution in [0.25, 0.3) is 0 Å². The normalized spacial score (nSPS) is 12.8. The summed E-state index contributed by atoms with van der Waals surface area (Å²) >= 11 is 0. The van der Waals surface area contributed by atoms with Crippen LogP contribution >= 0.6 is 0 Å². The van der Waals surface area contributed by atoms with Gasteiger partial charge in [-0.25, -0.2) is 0 Å². The quantitative estimate of drug-likeness (QED) is 0.311. The van der Waals surface area contributed by atoms with Gasteiger partial charge < -0.3 is 9.47 Å². The monoisotopic (exact) mass is 472 g/mol. The zero-order valence-electron chi connectivity index (χ0n) is 22.6. The zero-order valence-corrected chi connectivity index (χ0v) is 22.6. The highest BCUT2D eigenvalue weighted by Gasteiger charge is 2.22. The molecule has 0 N–H and O–H groups in total. The van der Waals surface area contributed by atoms with Crippen molar-refractivity contribution in [2.75, 3.05) is 14.2 Å². The Bertz CT molecular complexity index is 1130. The maximum atomic E-state index is 13.2. The van der Waals surface area contributed by atoms with Gasteiger partial charge in [0.1, 0.15) is 11.5 Å². The molecule has 1 unspecified atom stereocenters. The van der Waals surface area contributed by atoms with Crippen LogP contribution in [0.3, 0.4) is 0 Å². The first-order valence-electron chi connectivity index (χ1n) is 12.4. The molecule has 3 rings (SSSR count). The molecule has 0 radical (unpaired) electrons. The summed E-state index contributed by atoms with van der Waals surface area (Å²) in [5, 5.41) is 0. The number of Topliss-reactive ketones (excluding diaryl/α,β-unsaturated/α-hetero) is 1. The smallest absolute Gasteiger partial charge is 0.162 e. The number of carbonyl (C=O) groups is 1. The average Bonchev–Trinajstić information content (AvgIpc) is 2.83. The second kappa shape index (κ2) is 10.7. The highest BCUT2D eigenvalue weighted by atomic mass is 16.5. The third-order valence-corrected chi connectivity index (χ3v) is 6.73. The second-order valence-corrected chi connectivity index (χ2v) is 11.3. The molecular formula is C32H40O3. The molecular weight excluding hydrogens is 432 g/mol. The van der Waals surface area contributed by atoms with Crippen molar-refractivity contribution in [2.45, 2.75) is 71.1 Å². The predicted molar refractivity (Wildman–Crippen MR) is 145 cm³/mol. The minimum absolute atomic E-state index is 0.0303. The predicted octanol–water partition coefficient (Wildman–Crippen LogP) is 8.09. The van der Waals surface area contributed by atoms with Gasteiger partial charge in [0.25, 0.3) is 0 Å². The molecule has 0 aliphatic rings. The molecule has 3 aromatic rings. The summed E-state index contributed by atoms with van der Waals surface area (Å²) in [5.74, 6) is 1.72. The van der Waals surface area contributed by atoms with Crippen LogP contribution in [-0.2, 0) is 10.8 Å². The van der Waals surface area contributed by atoms with Gasteiger partial charge in [-0.15, -0.1) is 0 Å². The van der Waals surface area contributed by atoms with Gasteiger partial charge in [-0.2, -0.15) is 0 Å². The fourth-order valence-corrected chi connectivity index (χ4v) is 4.40. The minimum atomic E-state index is 0.0303. The van der Waals surface area contributed by atoms with Crippen molar-refractivity contribution >= 4 is 5.78 Å². The molecule has 0 aliphatic heterocycles. The second-order valence-electron chi connectivity index (χ2n) is 11.3. The molecule has 0 saturated carbocycles. The molecule has 3 heteroatoms. The molecule has 186 valence electrons. The topological polar surface area (TPSA) is 35.5 Å². The lowest BCUT2D eigenvalue weighted by atomic mass is 9.82. The van der Waals surface area contributed by atoms with Crippen molar-refractivity contribution in [1.82, 2.24) is 0 Å². The molecule has 35 heavy (non-hydrogen) atoms. The highest BCUT2D eigenvalue weighted by Crippen LogP contribution is 2.38. The molecule has 0 spiro atoms. The Morgan fingerprint density at radius 2 is 1.29 bits per heavy atom. The van der Waals surface area contributed by atoms with Crippen molar-refractivity contribution in [3.05, 3.63) is 94.5 Å². The third-order valence-electron chi connectivity index (χ3n) is 6.73. The number of ketones is 1. The summed E-state index contributed by atoms with van der Waals surface area (Å²) in [6.45, 7) is 13.2. The van der Waals surface area contributed by atoms with E-state index in [-0.39, 0.29) is 22.5 Å². The number of methoxy groups -OCH3 is 2. The van der Waals surface area contributed by atoms with Crippen molar-refractivity contribution in [3.63, 3.8) is 0 Å². The Hall–Kier alpha value is -3.07. The van der Waals surface area contributed by atoms with E-state index in [2.05, 4.69) is 84.0 Å². The SMILES string of the molecule is COc1ccc(C(CCC(=O)c2ccc(C(C)(C)C)cc2)c2ccc(C(C)(C)C)cc2)c(OC)c1.